The Morgan fingerprint density at radius 2 is 1.85 bits per heavy atom. The lowest BCUT2D eigenvalue weighted by Crippen LogP contribution is -2.39. The number of carbonyl (C=O) groups is 1. The summed E-state index contributed by atoms with van der Waals surface area (Å²) in [4.78, 5) is 14.1. The van der Waals surface area contributed by atoms with Gasteiger partial charge in [0.2, 0.25) is 0 Å². The van der Waals surface area contributed by atoms with Crippen molar-refractivity contribution in [2.45, 2.75) is 13.8 Å². The summed E-state index contributed by atoms with van der Waals surface area (Å²) in [5.41, 5.74) is 6.16. The Morgan fingerprint density at radius 3 is 2.35 bits per heavy atom. The van der Waals surface area contributed by atoms with Crippen LogP contribution in [0.25, 0.3) is 0 Å². The fourth-order valence-electron chi connectivity index (χ4n) is 1.97. The van der Waals surface area contributed by atoms with Gasteiger partial charge in [0.1, 0.15) is 0 Å². The summed E-state index contributed by atoms with van der Waals surface area (Å²) in [5.74, 6) is 1.09. The number of benzene rings is 1. The lowest BCUT2D eigenvalue weighted by atomic mass is 9.93. The number of methoxy groups -OCH3 is 2. The van der Waals surface area contributed by atoms with E-state index >= 15 is 0 Å². The lowest BCUT2D eigenvalue weighted by molar-refractivity contribution is 0.0740. The Kier molecular flexibility index (Phi) is 5.39. The van der Waals surface area contributed by atoms with Gasteiger partial charge in [-0.25, -0.2) is 0 Å². The van der Waals surface area contributed by atoms with E-state index in [0.29, 0.717) is 30.2 Å². The summed E-state index contributed by atoms with van der Waals surface area (Å²) in [6.07, 6.45) is 0. The first-order valence-electron chi connectivity index (χ1n) is 6.52. The molecule has 0 fully saturated rings. The SMILES string of the molecule is COc1ccc(C(=O)N(C)CC(C)(C)CN)cc1OC. The van der Waals surface area contributed by atoms with E-state index < -0.39 is 0 Å². The minimum atomic E-state index is -0.110. The van der Waals surface area contributed by atoms with Gasteiger partial charge in [0.05, 0.1) is 14.2 Å². The molecule has 112 valence electrons. The van der Waals surface area contributed by atoms with E-state index in [0.717, 1.165) is 0 Å². The van der Waals surface area contributed by atoms with E-state index in [9.17, 15) is 4.79 Å². The van der Waals surface area contributed by atoms with Gasteiger partial charge in [0.25, 0.3) is 5.91 Å². The van der Waals surface area contributed by atoms with Crippen molar-refractivity contribution in [1.82, 2.24) is 4.90 Å². The number of nitrogens with two attached hydrogens (primary N) is 1. The Balaban J connectivity index is 2.92. The van der Waals surface area contributed by atoms with Crippen LogP contribution >= 0.6 is 0 Å². The van der Waals surface area contributed by atoms with Gasteiger partial charge in [-0.2, -0.15) is 0 Å². The minimum Gasteiger partial charge on any atom is -0.493 e. The molecule has 0 aliphatic heterocycles. The van der Waals surface area contributed by atoms with Crippen molar-refractivity contribution in [2.24, 2.45) is 11.1 Å². The second kappa shape index (κ2) is 6.61. The predicted octanol–water partition coefficient (Wildman–Crippen LogP) is 1.76. The quantitative estimate of drug-likeness (QED) is 0.862. The number of amides is 1. The van der Waals surface area contributed by atoms with E-state index in [1.54, 1.807) is 44.4 Å². The van der Waals surface area contributed by atoms with Crippen LogP contribution in [-0.4, -0.2) is 45.2 Å². The van der Waals surface area contributed by atoms with Crippen LogP contribution in [0.3, 0.4) is 0 Å². The monoisotopic (exact) mass is 280 g/mol. The number of hydrogen-bond donors (Lipinski definition) is 1. The third-order valence-corrected chi connectivity index (χ3v) is 3.19. The highest BCUT2D eigenvalue weighted by Crippen LogP contribution is 2.28. The zero-order valence-electron chi connectivity index (χ0n) is 12.9. The van der Waals surface area contributed by atoms with Gasteiger partial charge in [0.15, 0.2) is 11.5 Å². The van der Waals surface area contributed by atoms with Crippen LogP contribution in [0.15, 0.2) is 18.2 Å². The molecule has 0 aromatic heterocycles. The first-order chi connectivity index (χ1) is 9.34. The van der Waals surface area contributed by atoms with Crippen LogP contribution < -0.4 is 15.2 Å². The van der Waals surface area contributed by atoms with Crippen LogP contribution in [0.5, 0.6) is 11.5 Å². The summed E-state index contributed by atoms with van der Waals surface area (Å²) in [5, 5.41) is 0. The molecule has 20 heavy (non-hydrogen) atoms. The third kappa shape index (κ3) is 3.87. The average Bonchev–Trinajstić information content (AvgIpc) is 2.45. The predicted molar refractivity (Wildman–Crippen MR) is 79.3 cm³/mol. The molecular formula is C15H24N2O3. The first-order valence-corrected chi connectivity index (χ1v) is 6.52. The van der Waals surface area contributed by atoms with Gasteiger partial charge < -0.3 is 20.1 Å². The van der Waals surface area contributed by atoms with E-state index in [1.165, 1.54) is 0 Å². The topological polar surface area (TPSA) is 64.8 Å². The molecule has 0 bridgehead atoms. The number of ether oxygens (including phenoxy) is 2. The molecular weight excluding hydrogens is 256 g/mol. The van der Waals surface area contributed by atoms with Crippen molar-refractivity contribution in [1.29, 1.82) is 0 Å². The summed E-state index contributed by atoms with van der Waals surface area (Å²) in [6, 6.07) is 5.15. The Labute approximate surface area is 120 Å². The van der Waals surface area contributed by atoms with Crippen LogP contribution in [0.1, 0.15) is 24.2 Å². The number of nitrogens with zero attached hydrogens (tertiary/aromatic N) is 1. The molecule has 0 aliphatic carbocycles. The molecule has 1 aromatic rings. The van der Waals surface area contributed by atoms with Crippen LogP contribution in [-0.2, 0) is 0 Å². The zero-order chi connectivity index (χ0) is 15.3. The maximum atomic E-state index is 12.4. The van der Waals surface area contributed by atoms with Crippen molar-refractivity contribution in [3.63, 3.8) is 0 Å². The summed E-state index contributed by atoms with van der Waals surface area (Å²) >= 11 is 0. The molecule has 2 N–H and O–H groups in total. The Hall–Kier alpha value is -1.75. The summed E-state index contributed by atoms with van der Waals surface area (Å²) in [6.45, 7) is 5.18. The van der Waals surface area contributed by atoms with Gasteiger partial charge in [0, 0.05) is 19.2 Å². The van der Waals surface area contributed by atoms with Crippen molar-refractivity contribution < 1.29 is 14.3 Å². The molecule has 0 radical (unpaired) electrons. The molecule has 1 amide bonds. The van der Waals surface area contributed by atoms with Gasteiger partial charge >= 0.3 is 0 Å². The Bertz CT molecular complexity index is 472. The van der Waals surface area contributed by atoms with Crippen LogP contribution in [0.2, 0.25) is 0 Å². The summed E-state index contributed by atoms with van der Waals surface area (Å²) in [7, 11) is 4.89. The van der Waals surface area contributed by atoms with E-state index in [1.807, 2.05) is 13.8 Å². The zero-order valence-corrected chi connectivity index (χ0v) is 12.9. The van der Waals surface area contributed by atoms with Crippen molar-refractivity contribution in [2.75, 3.05) is 34.4 Å². The molecule has 0 aliphatic rings. The van der Waals surface area contributed by atoms with Crippen molar-refractivity contribution in [3.8, 4) is 11.5 Å². The van der Waals surface area contributed by atoms with Gasteiger partial charge in [-0.05, 0) is 30.2 Å². The number of rotatable bonds is 6. The highest BCUT2D eigenvalue weighted by molar-refractivity contribution is 5.94. The van der Waals surface area contributed by atoms with E-state index in [4.69, 9.17) is 15.2 Å². The molecule has 0 heterocycles. The molecule has 1 aromatic carbocycles. The van der Waals surface area contributed by atoms with Crippen LogP contribution in [0.4, 0.5) is 0 Å². The number of carbonyl (C=O) groups excluding carboxylic acids is 1. The van der Waals surface area contributed by atoms with E-state index in [2.05, 4.69) is 0 Å². The van der Waals surface area contributed by atoms with Gasteiger partial charge in [-0.1, -0.05) is 13.8 Å². The maximum absolute atomic E-state index is 12.4. The highest BCUT2D eigenvalue weighted by atomic mass is 16.5. The minimum absolute atomic E-state index is 0.0625. The fraction of sp³-hybridized carbons (Fsp3) is 0.533. The van der Waals surface area contributed by atoms with Crippen molar-refractivity contribution in [3.05, 3.63) is 23.8 Å². The second-order valence-electron chi connectivity index (χ2n) is 5.60. The largest absolute Gasteiger partial charge is 0.493 e. The van der Waals surface area contributed by atoms with Gasteiger partial charge in [-0.3, -0.25) is 4.79 Å². The molecule has 5 nitrogen and oxygen atoms in total. The fourth-order valence-corrected chi connectivity index (χ4v) is 1.97. The Morgan fingerprint density at radius 1 is 1.25 bits per heavy atom. The molecule has 1 rings (SSSR count). The van der Waals surface area contributed by atoms with Gasteiger partial charge in [-0.15, -0.1) is 0 Å². The normalized spacial score (nSPS) is 11.1. The molecule has 5 heteroatoms. The van der Waals surface area contributed by atoms with Crippen LogP contribution in [0, 0.1) is 5.41 Å². The van der Waals surface area contributed by atoms with Crippen molar-refractivity contribution >= 4 is 5.91 Å². The lowest BCUT2D eigenvalue weighted by Gasteiger charge is -2.29. The molecule has 0 spiro atoms. The smallest absolute Gasteiger partial charge is 0.253 e. The molecule has 0 unspecified atom stereocenters. The first kappa shape index (κ1) is 16.3. The highest BCUT2D eigenvalue weighted by Gasteiger charge is 2.22. The second-order valence-corrected chi connectivity index (χ2v) is 5.60. The molecule has 0 atom stereocenters. The maximum Gasteiger partial charge on any atom is 0.253 e. The average molecular weight is 280 g/mol. The van der Waals surface area contributed by atoms with E-state index in [-0.39, 0.29) is 11.3 Å². The molecule has 0 saturated carbocycles. The standard InChI is InChI=1S/C15H24N2O3/c1-15(2,9-16)10-17(3)14(18)11-6-7-12(19-4)13(8-11)20-5/h6-8H,9-10,16H2,1-5H3. The third-order valence-electron chi connectivity index (χ3n) is 3.19. The number of hydrogen-bond acceptors (Lipinski definition) is 4. The molecule has 0 saturated heterocycles. The summed E-state index contributed by atoms with van der Waals surface area (Å²) < 4.78 is 10.4.